The molecular formula is C15H17IN4O3. The van der Waals surface area contributed by atoms with E-state index in [2.05, 4.69) is 33.1 Å². The Morgan fingerprint density at radius 3 is 3.00 bits per heavy atom. The van der Waals surface area contributed by atoms with Crippen LogP contribution in [0.5, 0.6) is 5.75 Å². The van der Waals surface area contributed by atoms with Crippen molar-refractivity contribution in [2.45, 2.75) is 0 Å². The van der Waals surface area contributed by atoms with E-state index in [0.717, 1.165) is 22.2 Å². The van der Waals surface area contributed by atoms with E-state index in [1.54, 1.807) is 12.3 Å². The summed E-state index contributed by atoms with van der Waals surface area (Å²) >= 11 is 2.13. The van der Waals surface area contributed by atoms with Gasteiger partial charge < -0.3 is 9.47 Å². The van der Waals surface area contributed by atoms with Crippen LogP contribution < -0.4 is 10.2 Å². The van der Waals surface area contributed by atoms with Gasteiger partial charge in [-0.05, 0) is 46.4 Å². The summed E-state index contributed by atoms with van der Waals surface area (Å²) in [6, 6.07) is 7.38. The summed E-state index contributed by atoms with van der Waals surface area (Å²) in [6.45, 7) is 3.18. The van der Waals surface area contributed by atoms with E-state index in [0.29, 0.717) is 25.5 Å². The monoisotopic (exact) mass is 428 g/mol. The number of hydrogen-bond donors (Lipinski definition) is 1. The molecule has 0 saturated carbocycles. The van der Waals surface area contributed by atoms with Crippen LogP contribution in [0.1, 0.15) is 5.56 Å². The highest BCUT2D eigenvalue weighted by molar-refractivity contribution is 14.1. The lowest BCUT2D eigenvalue weighted by molar-refractivity contribution is -0.123. The van der Waals surface area contributed by atoms with Crippen LogP contribution in [-0.4, -0.2) is 56.5 Å². The maximum atomic E-state index is 11.8. The second-order valence-electron chi connectivity index (χ2n) is 4.82. The molecule has 1 amide bonds. The van der Waals surface area contributed by atoms with Crippen LogP contribution in [0.3, 0.4) is 0 Å². The molecule has 0 radical (unpaired) electrons. The zero-order valence-corrected chi connectivity index (χ0v) is 14.7. The molecule has 1 heterocycles. The number of ether oxygens (including phenoxy) is 2. The Kier molecular flexibility index (Phi) is 7.25. The first-order valence-electron chi connectivity index (χ1n) is 7.10. The number of halogens is 1. The molecule has 0 unspecified atom stereocenters. The number of nitrogens with zero attached hydrogens (tertiary/aromatic N) is 3. The number of rotatable bonds is 6. The summed E-state index contributed by atoms with van der Waals surface area (Å²) in [6.07, 6.45) is 1.58. The summed E-state index contributed by atoms with van der Waals surface area (Å²) in [4.78, 5) is 13.8. The predicted molar refractivity (Wildman–Crippen MR) is 93.3 cm³/mol. The Morgan fingerprint density at radius 2 is 2.30 bits per heavy atom. The zero-order chi connectivity index (χ0) is 16.5. The molecular weight excluding hydrogens is 411 g/mol. The minimum absolute atomic E-state index is 0.0149. The van der Waals surface area contributed by atoms with Gasteiger partial charge in [-0.15, -0.1) is 0 Å². The number of hydrazone groups is 1. The first-order valence-corrected chi connectivity index (χ1v) is 8.18. The predicted octanol–water partition coefficient (Wildman–Crippen LogP) is 0.976. The Balaban J connectivity index is 1.81. The summed E-state index contributed by atoms with van der Waals surface area (Å²) in [5.41, 5.74) is 3.36. The van der Waals surface area contributed by atoms with Gasteiger partial charge in [0.2, 0.25) is 0 Å². The van der Waals surface area contributed by atoms with Crippen LogP contribution in [0.4, 0.5) is 0 Å². The lowest BCUT2D eigenvalue weighted by Gasteiger charge is -2.25. The molecule has 1 fully saturated rings. The first kappa shape index (κ1) is 17.7. The van der Waals surface area contributed by atoms with Crippen LogP contribution >= 0.6 is 22.6 Å². The highest BCUT2D eigenvalue weighted by atomic mass is 127. The van der Waals surface area contributed by atoms with Crippen molar-refractivity contribution in [3.8, 4) is 11.8 Å². The molecule has 23 heavy (non-hydrogen) atoms. The highest BCUT2D eigenvalue weighted by Gasteiger charge is 2.13. The average Bonchev–Trinajstić information content (AvgIpc) is 2.55. The Morgan fingerprint density at radius 1 is 1.52 bits per heavy atom. The van der Waals surface area contributed by atoms with Crippen molar-refractivity contribution in [2.24, 2.45) is 5.10 Å². The maximum absolute atomic E-state index is 11.8. The van der Waals surface area contributed by atoms with Crippen LogP contribution in [0.15, 0.2) is 23.3 Å². The van der Waals surface area contributed by atoms with Gasteiger partial charge in [0, 0.05) is 13.1 Å². The minimum atomic E-state index is -0.146. The van der Waals surface area contributed by atoms with E-state index in [9.17, 15) is 4.79 Å². The van der Waals surface area contributed by atoms with E-state index in [1.165, 1.54) is 0 Å². The smallest absolute Gasteiger partial charge is 0.254 e. The normalized spacial score (nSPS) is 15.3. The Labute approximate surface area is 148 Å². The fourth-order valence-corrected chi connectivity index (χ4v) is 2.70. The molecule has 7 nitrogen and oxygen atoms in total. The largest absolute Gasteiger partial charge is 0.478 e. The van der Waals surface area contributed by atoms with E-state index in [1.807, 2.05) is 23.1 Å². The molecule has 122 valence electrons. The van der Waals surface area contributed by atoms with Crippen molar-refractivity contribution in [3.63, 3.8) is 0 Å². The summed E-state index contributed by atoms with van der Waals surface area (Å²) in [5, 5.41) is 12.5. The van der Waals surface area contributed by atoms with Gasteiger partial charge in [0.15, 0.2) is 6.61 Å². The third-order valence-electron chi connectivity index (χ3n) is 3.12. The molecule has 8 heteroatoms. The summed E-state index contributed by atoms with van der Waals surface area (Å²) < 4.78 is 11.4. The summed E-state index contributed by atoms with van der Waals surface area (Å²) in [7, 11) is 0. The van der Waals surface area contributed by atoms with E-state index in [-0.39, 0.29) is 12.5 Å². The van der Waals surface area contributed by atoms with Gasteiger partial charge in [-0.3, -0.25) is 9.69 Å². The molecule has 1 aliphatic rings. The van der Waals surface area contributed by atoms with Crippen molar-refractivity contribution in [1.82, 2.24) is 10.3 Å². The number of benzene rings is 1. The lowest BCUT2D eigenvalue weighted by Crippen LogP contribution is -2.42. The number of nitriles is 1. The van der Waals surface area contributed by atoms with Gasteiger partial charge in [0.25, 0.3) is 5.91 Å². The standard InChI is InChI=1S/C15H17IN4O3/c16-13-9-12(1-2-14(13)23-6-3-17)10-18-19-15(21)11-20-4-7-22-8-5-20/h1-2,9-10H,4-8,11H2,(H,19,21)/b18-10+. The molecule has 1 aliphatic heterocycles. The van der Waals surface area contributed by atoms with Crippen LogP contribution in [0.25, 0.3) is 0 Å². The van der Waals surface area contributed by atoms with Gasteiger partial charge >= 0.3 is 0 Å². The van der Waals surface area contributed by atoms with Crippen LogP contribution in [-0.2, 0) is 9.53 Å². The van der Waals surface area contributed by atoms with Crippen LogP contribution in [0, 0.1) is 14.9 Å². The maximum Gasteiger partial charge on any atom is 0.254 e. The number of carbonyl (C=O) groups is 1. The van der Waals surface area contributed by atoms with Crippen molar-refractivity contribution < 1.29 is 14.3 Å². The average molecular weight is 428 g/mol. The summed E-state index contributed by atoms with van der Waals surface area (Å²) in [5.74, 6) is 0.507. The van der Waals surface area contributed by atoms with Crippen molar-refractivity contribution in [1.29, 1.82) is 5.26 Å². The number of amides is 1. The van der Waals surface area contributed by atoms with E-state index in [4.69, 9.17) is 14.7 Å². The van der Waals surface area contributed by atoms with Gasteiger partial charge in [-0.1, -0.05) is 0 Å². The second-order valence-corrected chi connectivity index (χ2v) is 5.98. The van der Waals surface area contributed by atoms with E-state index >= 15 is 0 Å². The number of nitrogens with one attached hydrogen (secondary N) is 1. The molecule has 1 N–H and O–H groups in total. The van der Waals surface area contributed by atoms with Crippen molar-refractivity contribution >= 4 is 34.7 Å². The number of morpholine rings is 1. The first-order chi connectivity index (χ1) is 11.2. The molecule has 1 aromatic rings. The van der Waals surface area contributed by atoms with Gasteiger partial charge in [-0.2, -0.15) is 10.4 Å². The Bertz CT molecular complexity index is 609. The minimum Gasteiger partial charge on any atom is -0.478 e. The number of carbonyl (C=O) groups excluding carboxylic acids is 1. The second kappa shape index (κ2) is 9.44. The third-order valence-corrected chi connectivity index (χ3v) is 3.96. The van der Waals surface area contributed by atoms with Crippen molar-refractivity contribution in [3.05, 3.63) is 27.3 Å². The molecule has 0 atom stereocenters. The number of hydrogen-bond acceptors (Lipinski definition) is 6. The van der Waals surface area contributed by atoms with Crippen LogP contribution in [0.2, 0.25) is 0 Å². The van der Waals surface area contributed by atoms with Gasteiger partial charge in [0.05, 0.1) is 29.5 Å². The molecule has 2 rings (SSSR count). The zero-order valence-electron chi connectivity index (χ0n) is 12.5. The third kappa shape index (κ3) is 6.13. The molecule has 0 aliphatic carbocycles. The quantitative estimate of drug-likeness (QED) is 0.415. The Hall–Kier alpha value is -1.70. The molecule has 1 saturated heterocycles. The highest BCUT2D eigenvalue weighted by Crippen LogP contribution is 2.21. The lowest BCUT2D eigenvalue weighted by atomic mass is 10.2. The fraction of sp³-hybridized carbons (Fsp3) is 0.400. The molecule has 0 bridgehead atoms. The van der Waals surface area contributed by atoms with Gasteiger partial charge in [0.1, 0.15) is 11.8 Å². The molecule has 0 spiro atoms. The molecule has 0 aromatic heterocycles. The molecule has 1 aromatic carbocycles. The topological polar surface area (TPSA) is 86.9 Å². The SMILES string of the molecule is N#CCOc1ccc(/C=N/NC(=O)CN2CCOCC2)cc1I. The van der Waals surface area contributed by atoms with Crippen molar-refractivity contribution in [2.75, 3.05) is 39.5 Å². The van der Waals surface area contributed by atoms with E-state index < -0.39 is 0 Å². The van der Waals surface area contributed by atoms with Gasteiger partial charge in [-0.25, -0.2) is 5.43 Å². The fourth-order valence-electron chi connectivity index (χ4n) is 2.00.